The Hall–Kier alpha value is -2.15. The molecule has 1 aromatic rings. The molecule has 1 aromatic carbocycles. The maximum Gasteiger partial charge on any atom is 0.335 e. The van der Waals surface area contributed by atoms with E-state index in [4.69, 9.17) is 9.47 Å². The highest BCUT2D eigenvalue weighted by atomic mass is 16.7. The monoisotopic (exact) mass is 403 g/mol. The topological polar surface area (TPSA) is 98.9 Å². The van der Waals surface area contributed by atoms with Crippen LogP contribution in [0.15, 0.2) is 18.2 Å². The van der Waals surface area contributed by atoms with Crippen LogP contribution in [0, 0.1) is 39.2 Å². The molecular formula is C22H29NO6. The van der Waals surface area contributed by atoms with Gasteiger partial charge in [-0.1, -0.05) is 27.2 Å². The molecule has 0 heterocycles. The molecule has 7 nitrogen and oxygen atoms in total. The number of nitro benzene ring substituents is 1. The summed E-state index contributed by atoms with van der Waals surface area (Å²) in [4.78, 5) is 22.2. The summed E-state index contributed by atoms with van der Waals surface area (Å²) in [5, 5.41) is 20.7. The number of nitrogens with zero attached hydrogens (tertiary/aromatic N) is 1. The summed E-state index contributed by atoms with van der Waals surface area (Å²) in [6.07, 6.45) is 5.57. The van der Waals surface area contributed by atoms with Crippen molar-refractivity contribution in [1.82, 2.24) is 0 Å². The van der Waals surface area contributed by atoms with Gasteiger partial charge in [-0.15, -0.1) is 0 Å². The Balaban J connectivity index is 1.57. The lowest BCUT2D eigenvalue weighted by atomic mass is 9.80. The van der Waals surface area contributed by atoms with E-state index in [9.17, 15) is 20.0 Å². The summed E-state index contributed by atoms with van der Waals surface area (Å²) >= 11 is 0. The molecule has 1 N–H and O–H groups in total. The van der Waals surface area contributed by atoms with Crippen LogP contribution < -0.4 is 4.74 Å². The van der Waals surface area contributed by atoms with Crippen LogP contribution in [-0.2, 0) is 4.74 Å². The molecule has 0 aromatic heterocycles. The number of nitro groups is 1. The predicted molar refractivity (Wildman–Crippen MR) is 106 cm³/mol. The Morgan fingerprint density at radius 2 is 1.93 bits per heavy atom. The third kappa shape index (κ3) is 3.72. The summed E-state index contributed by atoms with van der Waals surface area (Å²) in [6.45, 7) is 5.91. The Labute approximate surface area is 170 Å². The second-order valence-corrected chi connectivity index (χ2v) is 9.89. The van der Waals surface area contributed by atoms with E-state index in [-0.39, 0.29) is 23.1 Å². The maximum absolute atomic E-state index is 11.4. The van der Waals surface area contributed by atoms with E-state index in [1.54, 1.807) is 0 Å². The fraction of sp³-hybridized carbons (Fsp3) is 0.682. The van der Waals surface area contributed by atoms with Gasteiger partial charge in [-0.3, -0.25) is 10.1 Å². The minimum atomic E-state index is -1.15. The van der Waals surface area contributed by atoms with Crippen LogP contribution in [0.5, 0.6) is 5.75 Å². The average Bonchev–Trinajstić information content (AvgIpc) is 3.33. The summed E-state index contributed by atoms with van der Waals surface area (Å²) in [5.41, 5.74) is -0.729. The van der Waals surface area contributed by atoms with Gasteiger partial charge in [-0.25, -0.2) is 4.79 Å². The van der Waals surface area contributed by atoms with Crippen LogP contribution in [0.25, 0.3) is 0 Å². The number of hydrogen-bond donors (Lipinski definition) is 1. The minimum absolute atomic E-state index is 0.0491. The van der Waals surface area contributed by atoms with E-state index in [1.807, 2.05) is 20.8 Å². The third-order valence-electron chi connectivity index (χ3n) is 7.01. The van der Waals surface area contributed by atoms with Gasteiger partial charge < -0.3 is 14.6 Å². The molecule has 0 radical (unpaired) electrons. The predicted octanol–water partition coefficient (Wildman–Crippen LogP) is 4.89. The third-order valence-corrected chi connectivity index (χ3v) is 7.01. The Morgan fingerprint density at radius 1 is 1.21 bits per heavy atom. The summed E-state index contributed by atoms with van der Waals surface area (Å²) in [7, 11) is 0. The van der Waals surface area contributed by atoms with Crippen molar-refractivity contribution in [2.45, 2.75) is 65.3 Å². The highest BCUT2D eigenvalue weighted by Gasteiger charge is 2.55. The van der Waals surface area contributed by atoms with Crippen LogP contribution in [-0.4, -0.2) is 28.4 Å². The molecule has 0 spiro atoms. The molecule has 3 aliphatic rings. The summed E-state index contributed by atoms with van der Waals surface area (Å²) < 4.78 is 12.5. The van der Waals surface area contributed by atoms with Gasteiger partial charge >= 0.3 is 11.7 Å². The lowest BCUT2D eigenvalue weighted by Gasteiger charge is -2.38. The van der Waals surface area contributed by atoms with Crippen LogP contribution in [0.2, 0.25) is 0 Å². The van der Waals surface area contributed by atoms with E-state index < -0.39 is 22.6 Å². The van der Waals surface area contributed by atoms with Crippen LogP contribution in [0.4, 0.5) is 5.69 Å². The van der Waals surface area contributed by atoms with Gasteiger partial charge in [0, 0.05) is 17.5 Å². The van der Waals surface area contributed by atoms with Crippen molar-refractivity contribution in [3.05, 3.63) is 33.9 Å². The van der Waals surface area contributed by atoms with E-state index in [2.05, 4.69) is 0 Å². The average molecular weight is 403 g/mol. The number of aromatic carboxylic acids is 1. The molecule has 6 unspecified atom stereocenters. The van der Waals surface area contributed by atoms with Crippen molar-refractivity contribution in [3.63, 3.8) is 0 Å². The number of hydrogen-bond acceptors (Lipinski definition) is 5. The van der Waals surface area contributed by atoms with Crippen molar-refractivity contribution in [3.8, 4) is 5.75 Å². The second kappa shape index (κ2) is 7.27. The van der Waals surface area contributed by atoms with Crippen LogP contribution in [0.1, 0.15) is 63.2 Å². The smallest absolute Gasteiger partial charge is 0.335 e. The van der Waals surface area contributed by atoms with Gasteiger partial charge in [-0.05, 0) is 55.4 Å². The number of carboxylic acid groups (broad SMARTS) is 1. The number of benzene rings is 1. The zero-order valence-electron chi connectivity index (χ0n) is 17.2. The van der Waals surface area contributed by atoms with Gasteiger partial charge in [0.25, 0.3) is 0 Å². The molecule has 3 fully saturated rings. The van der Waals surface area contributed by atoms with Crippen LogP contribution >= 0.6 is 0 Å². The first kappa shape index (κ1) is 20.1. The van der Waals surface area contributed by atoms with Crippen molar-refractivity contribution >= 4 is 11.7 Å². The number of ether oxygens (including phenoxy) is 2. The molecule has 4 rings (SSSR count). The van der Waals surface area contributed by atoms with Gasteiger partial charge in [0.05, 0.1) is 16.6 Å². The zero-order valence-corrected chi connectivity index (χ0v) is 17.2. The first-order chi connectivity index (χ1) is 13.6. The molecular weight excluding hydrogens is 374 g/mol. The standard InChI is InChI=1S/C22H29NO6/c1-22(2,3)21(28-18-11-13-9-16(18)15-6-4-5-14(13)15)29-19-10-12(20(24)25)7-8-17(19)23(26)27/h7-8,10,13-16,18,21H,4-6,9,11H2,1-3H3,(H,24,25). The molecule has 158 valence electrons. The summed E-state index contributed by atoms with van der Waals surface area (Å²) in [5.74, 6) is 1.64. The van der Waals surface area contributed by atoms with Gasteiger partial charge in [0.1, 0.15) is 0 Å². The van der Waals surface area contributed by atoms with Crippen molar-refractivity contribution in [2.24, 2.45) is 29.1 Å². The lowest BCUT2D eigenvalue weighted by Crippen LogP contribution is -2.41. The number of rotatable bonds is 6. The normalized spacial score (nSPS) is 31.5. The minimum Gasteiger partial charge on any atom is -0.478 e. The molecule has 0 aliphatic heterocycles. The highest BCUT2D eigenvalue weighted by Crippen LogP contribution is 2.59. The van der Waals surface area contributed by atoms with E-state index >= 15 is 0 Å². The zero-order chi connectivity index (χ0) is 20.9. The van der Waals surface area contributed by atoms with Gasteiger partial charge in [-0.2, -0.15) is 0 Å². The molecule has 0 saturated heterocycles. The number of carboxylic acids is 1. The highest BCUT2D eigenvalue weighted by molar-refractivity contribution is 5.88. The largest absolute Gasteiger partial charge is 0.478 e. The molecule has 3 saturated carbocycles. The molecule has 0 amide bonds. The first-order valence-electron chi connectivity index (χ1n) is 10.5. The SMILES string of the molecule is CC(C)(C)C(Oc1cc(C(=O)O)ccc1[N+](=O)[O-])OC1CC2CC1C1CCCC21. The van der Waals surface area contributed by atoms with E-state index in [0.717, 1.165) is 24.2 Å². The van der Waals surface area contributed by atoms with Crippen molar-refractivity contribution in [2.75, 3.05) is 0 Å². The number of carbonyl (C=O) groups is 1. The van der Waals surface area contributed by atoms with E-state index in [1.165, 1.54) is 43.9 Å². The fourth-order valence-electron chi connectivity index (χ4n) is 5.74. The maximum atomic E-state index is 11.4. The lowest BCUT2D eigenvalue weighted by molar-refractivity contribution is -0.386. The molecule has 6 atom stereocenters. The van der Waals surface area contributed by atoms with Gasteiger partial charge in [0.15, 0.2) is 0 Å². The van der Waals surface area contributed by atoms with Crippen LogP contribution in [0.3, 0.4) is 0 Å². The van der Waals surface area contributed by atoms with Gasteiger partial charge in [0.2, 0.25) is 12.0 Å². The Morgan fingerprint density at radius 3 is 2.59 bits per heavy atom. The molecule has 7 heteroatoms. The number of fused-ring (bicyclic) bond motifs is 5. The molecule has 29 heavy (non-hydrogen) atoms. The second-order valence-electron chi connectivity index (χ2n) is 9.89. The van der Waals surface area contributed by atoms with Crippen molar-refractivity contribution in [1.29, 1.82) is 0 Å². The van der Waals surface area contributed by atoms with Crippen molar-refractivity contribution < 1.29 is 24.3 Å². The Kier molecular flexibility index (Phi) is 5.05. The first-order valence-corrected chi connectivity index (χ1v) is 10.5. The Bertz CT molecular complexity index is 816. The molecule has 3 aliphatic carbocycles. The summed E-state index contributed by atoms with van der Waals surface area (Å²) in [6, 6.07) is 3.62. The quantitative estimate of drug-likeness (QED) is 0.413. The van der Waals surface area contributed by atoms with E-state index in [0.29, 0.717) is 5.92 Å². The molecule has 2 bridgehead atoms. The fourth-order valence-corrected chi connectivity index (χ4v) is 5.74.